The molecule has 25 heavy (non-hydrogen) atoms. The van der Waals surface area contributed by atoms with E-state index in [4.69, 9.17) is 5.73 Å². The largest absolute Gasteiger partial charge is 0.399 e. The third-order valence-corrected chi connectivity index (χ3v) is 5.67. The van der Waals surface area contributed by atoms with Crippen molar-refractivity contribution in [3.63, 3.8) is 0 Å². The molecule has 0 saturated carbocycles. The zero-order valence-electron chi connectivity index (χ0n) is 15.1. The minimum Gasteiger partial charge on any atom is -0.399 e. The topological polar surface area (TPSA) is 59.2 Å². The molecule has 1 unspecified atom stereocenters. The van der Waals surface area contributed by atoms with Crippen molar-refractivity contribution in [3.05, 3.63) is 45.4 Å². The fourth-order valence-electron chi connectivity index (χ4n) is 2.58. The van der Waals surface area contributed by atoms with Crippen LogP contribution in [0.15, 0.2) is 24.3 Å². The number of carbonyl (C=O) groups excluding carboxylic acids is 1. The number of halogens is 2. The van der Waals surface area contributed by atoms with Crippen LogP contribution in [-0.4, -0.2) is 22.8 Å². The molecule has 0 saturated heterocycles. The summed E-state index contributed by atoms with van der Waals surface area (Å²) < 4.78 is 0. The average Bonchev–Trinajstić information content (AvgIpc) is 2.93. The number of nitrogens with zero attached hydrogens (tertiary/aromatic N) is 2. The van der Waals surface area contributed by atoms with E-state index in [2.05, 4.69) is 18.8 Å². The second kappa shape index (κ2) is 10.6. The summed E-state index contributed by atoms with van der Waals surface area (Å²) in [5, 5.41) is 1.13. The lowest BCUT2D eigenvalue weighted by molar-refractivity contribution is -0.131. The van der Waals surface area contributed by atoms with Crippen molar-refractivity contribution in [1.82, 2.24) is 9.88 Å². The lowest BCUT2D eigenvalue weighted by Gasteiger charge is -2.24. The summed E-state index contributed by atoms with van der Waals surface area (Å²) in [5.74, 6) is 0.131. The molecule has 140 valence electrons. The molecule has 1 amide bonds. The van der Waals surface area contributed by atoms with Crippen LogP contribution in [0.5, 0.6) is 0 Å². The molecule has 4 nitrogen and oxygen atoms in total. The molecule has 0 aliphatic rings. The first-order chi connectivity index (χ1) is 10.9. The molecule has 0 aliphatic carbocycles. The van der Waals surface area contributed by atoms with Gasteiger partial charge in [-0.3, -0.25) is 4.79 Å². The Bertz CT molecular complexity index is 691. The number of thiazole rings is 1. The van der Waals surface area contributed by atoms with Gasteiger partial charge in [0.1, 0.15) is 0 Å². The van der Waals surface area contributed by atoms with Crippen LogP contribution in [0.25, 0.3) is 0 Å². The van der Waals surface area contributed by atoms with E-state index < -0.39 is 0 Å². The Morgan fingerprint density at radius 2 is 1.96 bits per heavy atom. The second-order valence-electron chi connectivity index (χ2n) is 5.79. The number of aryl methyl sites for hydroxylation is 3. The molecule has 0 aliphatic heterocycles. The second-order valence-corrected chi connectivity index (χ2v) is 6.91. The quantitative estimate of drug-likeness (QED) is 0.717. The lowest BCUT2D eigenvalue weighted by atomic mass is 10.1. The minimum absolute atomic E-state index is 0. The number of carbonyl (C=O) groups is 1. The van der Waals surface area contributed by atoms with E-state index in [-0.39, 0.29) is 36.8 Å². The lowest BCUT2D eigenvalue weighted by Crippen LogP contribution is -2.29. The summed E-state index contributed by atoms with van der Waals surface area (Å²) in [6.45, 7) is 6.19. The summed E-state index contributed by atoms with van der Waals surface area (Å²) in [7, 11) is 1.87. The first kappa shape index (κ1) is 23.7. The highest BCUT2D eigenvalue weighted by Crippen LogP contribution is 2.29. The molecular formula is C18H27Cl2N3OS. The van der Waals surface area contributed by atoms with Crippen LogP contribution in [0.4, 0.5) is 5.69 Å². The standard InChI is InChI=1S/C18H25N3OS.2ClH/c1-5-16-20-12(2)18(23-16)13(3)21(4)17(22)11-10-14-8-6-7-9-15(14)19;;/h6-9,13H,5,10-11,19H2,1-4H3;2*1H. The number of hydrogen-bond donors (Lipinski definition) is 1. The van der Waals surface area contributed by atoms with E-state index in [0.717, 1.165) is 28.4 Å². The Balaban J connectivity index is 0.00000288. The van der Waals surface area contributed by atoms with Gasteiger partial charge in [-0.25, -0.2) is 4.98 Å². The van der Waals surface area contributed by atoms with Gasteiger partial charge >= 0.3 is 0 Å². The third kappa shape index (κ3) is 5.87. The van der Waals surface area contributed by atoms with Crippen LogP contribution in [0.2, 0.25) is 0 Å². The zero-order valence-corrected chi connectivity index (χ0v) is 17.6. The number of rotatable bonds is 6. The summed E-state index contributed by atoms with van der Waals surface area (Å²) in [4.78, 5) is 20.1. The van der Waals surface area contributed by atoms with Gasteiger partial charge in [0.15, 0.2) is 0 Å². The SMILES string of the molecule is CCc1nc(C)c(C(C)N(C)C(=O)CCc2ccccc2N)s1.Cl.Cl. The smallest absolute Gasteiger partial charge is 0.223 e. The number of aromatic nitrogens is 1. The van der Waals surface area contributed by atoms with Crippen molar-refractivity contribution in [3.8, 4) is 0 Å². The van der Waals surface area contributed by atoms with Gasteiger partial charge < -0.3 is 10.6 Å². The maximum absolute atomic E-state index is 12.5. The molecule has 1 aromatic heterocycles. The molecule has 0 radical (unpaired) electrons. The minimum atomic E-state index is 0. The van der Waals surface area contributed by atoms with Gasteiger partial charge in [-0.2, -0.15) is 0 Å². The van der Waals surface area contributed by atoms with E-state index in [0.29, 0.717) is 12.8 Å². The molecule has 0 fully saturated rings. The highest BCUT2D eigenvalue weighted by molar-refractivity contribution is 7.11. The monoisotopic (exact) mass is 403 g/mol. The molecule has 1 heterocycles. The number of amides is 1. The van der Waals surface area contributed by atoms with Gasteiger partial charge in [0, 0.05) is 24.0 Å². The molecule has 0 bridgehead atoms. The predicted molar refractivity (Wildman–Crippen MR) is 111 cm³/mol. The molecular weight excluding hydrogens is 377 g/mol. The predicted octanol–water partition coefficient (Wildman–Crippen LogP) is 4.59. The van der Waals surface area contributed by atoms with Crippen LogP contribution >= 0.6 is 36.2 Å². The first-order valence-electron chi connectivity index (χ1n) is 7.99. The molecule has 2 N–H and O–H groups in total. The third-order valence-electron chi connectivity index (χ3n) is 4.20. The summed E-state index contributed by atoms with van der Waals surface area (Å²) in [6.07, 6.45) is 2.07. The maximum atomic E-state index is 12.5. The molecule has 2 aromatic rings. The Hall–Kier alpha value is -1.30. The fraction of sp³-hybridized carbons (Fsp3) is 0.444. The van der Waals surface area contributed by atoms with E-state index in [1.54, 1.807) is 11.3 Å². The van der Waals surface area contributed by atoms with Crippen molar-refractivity contribution in [1.29, 1.82) is 0 Å². The number of benzene rings is 1. The summed E-state index contributed by atoms with van der Waals surface area (Å²) in [5.41, 5.74) is 8.76. The zero-order chi connectivity index (χ0) is 17.0. The van der Waals surface area contributed by atoms with E-state index in [9.17, 15) is 4.79 Å². The first-order valence-corrected chi connectivity index (χ1v) is 8.80. The highest BCUT2D eigenvalue weighted by atomic mass is 35.5. The van der Waals surface area contributed by atoms with Crippen molar-refractivity contribution >= 4 is 47.7 Å². The summed E-state index contributed by atoms with van der Waals surface area (Å²) >= 11 is 1.71. The van der Waals surface area contributed by atoms with Crippen LogP contribution in [0, 0.1) is 6.92 Å². The van der Waals surface area contributed by atoms with E-state index in [1.165, 1.54) is 4.88 Å². The van der Waals surface area contributed by atoms with Crippen LogP contribution in [-0.2, 0) is 17.6 Å². The van der Waals surface area contributed by atoms with Crippen molar-refractivity contribution < 1.29 is 4.79 Å². The van der Waals surface area contributed by atoms with Crippen molar-refractivity contribution in [2.24, 2.45) is 0 Å². The van der Waals surface area contributed by atoms with E-state index in [1.807, 2.05) is 43.1 Å². The molecule has 2 rings (SSSR count). The van der Waals surface area contributed by atoms with Gasteiger partial charge in [-0.05, 0) is 38.3 Å². The molecule has 0 spiro atoms. The number of anilines is 1. The molecule has 1 aromatic carbocycles. The molecule has 7 heteroatoms. The fourth-order valence-corrected chi connectivity index (χ4v) is 3.68. The Labute approximate surface area is 166 Å². The number of hydrogen-bond acceptors (Lipinski definition) is 4. The molecule has 1 atom stereocenters. The number of para-hydroxylation sites is 1. The van der Waals surface area contributed by atoms with Crippen LogP contribution < -0.4 is 5.73 Å². The summed E-state index contributed by atoms with van der Waals surface area (Å²) in [6, 6.07) is 7.77. The van der Waals surface area contributed by atoms with Crippen molar-refractivity contribution in [2.45, 2.75) is 46.1 Å². The number of nitrogens with two attached hydrogens (primary N) is 1. The Kier molecular flexibility index (Phi) is 10.1. The average molecular weight is 404 g/mol. The van der Waals surface area contributed by atoms with Gasteiger partial charge in [0.25, 0.3) is 0 Å². The highest BCUT2D eigenvalue weighted by Gasteiger charge is 2.21. The van der Waals surface area contributed by atoms with Gasteiger partial charge in [-0.1, -0.05) is 25.1 Å². The number of nitrogen functional groups attached to an aromatic ring is 1. The Morgan fingerprint density at radius 3 is 2.52 bits per heavy atom. The Morgan fingerprint density at radius 1 is 1.32 bits per heavy atom. The van der Waals surface area contributed by atoms with Gasteiger partial charge in [-0.15, -0.1) is 36.2 Å². The van der Waals surface area contributed by atoms with Gasteiger partial charge in [0.2, 0.25) is 5.91 Å². The van der Waals surface area contributed by atoms with E-state index >= 15 is 0 Å². The normalized spacial score (nSPS) is 11.2. The maximum Gasteiger partial charge on any atom is 0.223 e. The van der Waals surface area contributed by atoms with Crippen molar-refractivity contribution in [2.75, 3.05) is 12.8 Å². The van der Waals surface area contributed by atoms with Crippen LogP contribution in [0.3, 0.4) is 0 Å². The van der Waals surface area contributed by atoms with Crippen LogP contribution in [0.1, 0.15) is 47.5 Å². The van der Waals surface area contributed by atoms with Gasteiger partial charge in [0.05, 0.1) is 16.7 Å².